The first-order chi connectivity index (χ1) is 14.8. The van der Waals surface area contributed by atoms with Crippen LogP contribution in [0.3, 0.4) is 0 Å². The van der Waals surface area contributed by atoms with Gasteiger partial charge in [0, 0.05) is 10.0 Å². The van der Waals surface area contributed by atoms with Crippen LogP contribution in [0.15, 0.2) is 87.2 Å². The van der Waals surface area contributed by atoms with Gasteiger partial charge < -0.3 is 0 Å². The summed E-state index contributed by atoms with van der Waals surface area (Å²) < 4.78 is 57.7. The summed E-state index contributed by atoms with van der Waals surface area (Å²) in [5, 5.41) is -1.18. The number of allylic oxidation sites excluding steroid dienone is 4. The number of hydrogen-bond donors (Lipinski definition) is 0. The Balaban J connectivity index is 2.11. The molecule has 0 unspecified atom stereocenters. The predicted octanol–water partition coefficient (Wildman–Crippen LogP) is 6.35. The molecule has 0 atom stereocenters. The zero-order valence-electron chi connectivity index (χ0n) is 15.2. The lowest BCUT2D eigenvalue weighted by molar-refractivity contribution is 0.596. The first-order valence-corrected chi connectivity index (χ1v) is 13.3. The van der Waals surface area contributed by atoms with E-state index >= 15 is 0 Å². The van der Waals surface area contributed by atoms with Crippen LogP contribution in [0.25, 0.3) is 0 Å². The number of halogens is 6. The largest absolute Gasteiger partial charge is 0.282 e. The number of nitrogens with zero attached hydrogens (tertiary/aromatic N) is 2. The molecule has 0 N–H and O–H groups in total. The van der Waals surface area contributed by atoms with Crippen molar-refractivity contribution >= 4 is 101 Å². The fraction of sp³-hybridized carbons (Fsp3) is 0. The first kappa shape index (κ1) is 25.5. The van der Waals surface area contributed by atoms with Crippen LogP contribution < -0.4 is 0 Å². The molecule has 0 amide bonds. The molecule has 0 aromatic heterocycles. The molecule has 2 aromatic rings. The molecular weight excluding hydrogens is 585 g/mol. The molecule has 1 aliphatic carbocycles. The summed E-state index contributed by atoms with van der Waals surface area (Å²) in [4.78, 5) is -0.388. The van der Waals surface area contributed by atoms with Crippen molar-refractivity contribution in [3.8, 4) is 0 Å². The van der Waals surface area contributed by atoms with Gasteiger partial charge in [-0.25, -0.2) is 0 Å². The van der Waals surface area contributed by atoms with Gasteiger partial charge in [0.1, 0.15) is 11.4 Å². The fourth-order valence-electron chi connectivity index (χ4n) is 2.33. The van der Waals surface area contributed by atoms with E-state index in [1.54, 1.807) is 0 Å². The van der Waals surface area contributed by atoms with E-state index in [2.05, 4.69) is 8.80 Å². The third-order valence-electron chi connectivity index (χ3n) is 3.86. The van der Waals surface area contributed by atoms with Crippen molar-refractivity contribution in [3.63, 3.8) is 0 Å². The van der Waals surface area contributed by atoms with Gasteiger partial charge in [0.25, 0.3) is 20.0 Å². The molecule has 0 spiro atoms. The smallest absolute Gasteiger partial charge is 0.199 e. The topological polar surface area (TPSA) is 93.0 Å². The first-order valence-electron chi connectivity index (χ1n) is 8.16. The lowest BCUT2D eigenvalue weighted by Gasteiger charge is -2.17. The molecule has 2 aromatic carbocycles. The van der Waals surface area contributed by atoms with E-state index < -0.39 is 51.6 Å². The van der Waals surface area contributed by atoms with Crippen molar-refractivity contribution in [2.75, 3.05) is 0 Å². The van der Waals surface area contributed by atoms with Gasteiger partial charge >= 0.3 is 0 Å². The van der Waals surface area contributed by atoms with E-state index in [1.807, 2.05) is 0 Å². The molecule has 0 bridgehead atoms. The van der Waals surface area contributed by atoms with E-state index in [0.29, 0.717) is 10.0 Å². The molecule has 6 nitrogen and oxygen atoms in total. The third kappa shape index (κ3) is 5.34. The van der Waals surface area contributed by atoms with Gasteiger partial charge in [-0.2, -0.15) is 25.6 Å². The maximum absolute atomic E-state index is 12.6. The number of rotatable bonds is 4. The minimum Gasteiger partial charge on any atom is -0.199 e. The summed E-state index contributed by atoms with van der Waals surface area (Å²) >= 11 is 36.2. The summed E-state index contributed by atoms with van der Waals surface area (Å²) in [6.45, 7) is 0. The maximum atomic E-state index is 12.6. The van der Waals surface area contributed by atoms with Gasteiger partial charge in [0.05, 0.1) is 29.9 Å². The van der Waals surface area contributed by atoms with Crippen LogP contribution >= 0.6 is 69.6 Å². The Morgan fingerprint density at radius 2 is 0.719 bits per heavy atom. The quantitative estimate of drug-likeness (QED) is 0.387. The van der Waals surface area contributed by atoms with Crippen LogP contribution in [0, 0.1) is 0 Å². The zero-order chi connectivity index (χ0) is 23.8. The van der Waals surface area contributed by atoms with Gasteiger partial charge in [0.15, 0.2) is 0 Å². The van der Waals surface area contributed by atoms with Crippen LogP contribution in [-0.4, -0.2) is 28.3 Å². The standard InChI is InChI=1S/C18H8Cl6N2O4S2/c19-9-1-5-11(6-2-9)31(27,28)25-17-13(21)15(23)18(16(24)14(17)22)26-32(29,30)12-7-3-10(20)4-8-12/h1-8H. The maximum Gasteiger partial charge on any atom is 0.282 e. The highest BCUT2D eigenvalue weighted by atomic mass is 35.5. The van der Waals surface area contributed by atoms with Gasteiger partial charge in [0.2, 0.25) is 0 Å². The number of benzene rings is 2. The second kappa shape index (κ2) is 9.64. The Kier molecular flexibility index (Phi) is 7.69. The summed E-state index contributed by atoms with van der Waals surface area (Å²) in [5.74, 6) is 0. The Bertz CT molecular complexity index is 1290. The summed E-state index contributed by atoms with van der Waals surface area (Å²) in [6, 6.07) is 10.4. The lowest BCUT2D eigenvalue weighted by atomic mass is 10.1. The average molecular weight is 593 g/mol. The van der Waals surface area contributed by atoms with Gasteiger partial charge in [-0.1, -0.05) is 69.6 Å². The van der Waals surface area contributed by atoms with Crippen LogP contribution in [0.2, 0.25) is 10.0 Å². The molecule has 0 heterocycles. The van der Waals surface area contributed by atoms with Crippen molar-refractivity contribution in [2.24, 2.45) is 8.80 Å². The zero-order valence-corrected chi connectivity index (χ0v) is 21.4. The molecule has 0 saturated carbocycles. The van der Waals surface area contributed by atoms with Crippen LogP contribution in [0.5, 0.6) is 0 Å². The third-order valence-corrected chi connectivity index (χ3v) is 8.61. The SMILES string of the molecule is O=S(=O)(N=C1C(Cl)=C(Cl)C(=NS(=O)(=O)c2ccc(Cl)cc2)C(Cl)=C1Cl)c1ccc(Cl)cc1. The van der Waals surface area contributed by atoms with Crippen molar-refractivity contribution in [1.82, 2.24) is 0 Å². The summed E-state index contributed by atoms with van der Waals surface area (Å²) in [6.07, 6.45) is 0. The second-order valence-electron chi connectivity index (χ2n) is 5.99. The minimum atomic E-state index is -4.28. The highest BCUT2D eigenvalue weighted by Gasteiger charge is 2.32. The Morgan fingerprint density at radius 3 is 0.969 bits per heavy atom. The number of sulfonamides is 2. The van der Waals surface area contributed by atoms with E-state index in [-0.39, 0.29) is 9.79 Å². The van der Waals surface area contributed by atoms with Crippen LogP contribution in [0.1, 0.15) is 0 Å². The molecule has 32 heavy (non-hydrogen) atoms. The molecule has 0 saturated heterocycles. The number of hydrogen-bond acceptors (Lipinski definition) is 4. The summed E-state index contributed by atoms with van der Waals surface area (Å²) in [5.41, 5.74) is -0.942. The van der Waals surface area contributed by atoms with Crippen molar-refractivity contribution in [2.45, 2.75) is 9.79 Å². The molecule has 0 fully saturated rings. The van der Waals surface area contributed by atoms with Crippen molar-refractivity contribution < 1.29 is 16.8 Å². The van der Waals surface area contributed by atoms with Crippen LogP contribution in [-0.2, 0) is 20.0 Å². The Labute approximate surface area is 213 Å². The Hall–Kier alpha value is -1.10. The molecule has 14 heteroatoms. The highest BCUT2D eigenvalue weighted by Crippen LogP contribution is 2.36. The summed E-state index contributed by atoms with van der Waals surface area (Å²) in [7, 11) is -8.57. The van der Waals surface area contributed by atoms with Gasteiger partial charge in [-0.05, 0) is 48.5 Å². The normalized spacial score (nSPS) is 15.3. The molecule has 0 aliphatic heterocycles. The lowest BCUT2D eigenvalue weighted by Crippen LogP contribution is -2.18. The minimum absolute atomic E-state index is 0.194. The highest BCUT2D eigenvalue weighted by molar-refractivity contribution is 7.90. The molecular formula is C18H8Cl6N2O4S2. The predicted molar refractivity (Wildman–Crippen MR) is 130 cm³/mol. The molecule has 0 radical (unpaired) electrons. The average Bonchev–Trinajstić information content (AvgIpc) is 2.73. The van der Waals surface area contributed by atoms with E-state index in [1.165, 1.54) is 48.5 Å². The van der Waals surface area contributed by atoms with E-state index in [0.717, 1.165) is 0 Å². The van der Waals surface area contributed by atoms with Gasteiger partial charge in [-0.15, -0.1) is 0 Å². The van der Waals surface area contributed by atoms with Gasteiger partial charge in [-0.3, -0.25) is 0 Å². The molecule has 1 aliphatic rings. The monoisotopic (exact) mass is 590 g/mol. The molecule has 3 rings (SSSR count). The second-order valence-corrected chi connectivity index (χ2v) is 11.6. The Morgan fingerprint density at radius 1 is 0.469 bits per heavy atom. The van der Waals surface area contributed by atoms with Crippen molar-refractivity contribution in [3.05, 3.63) is 78.7 Å². The van der Waals surface area contributed by atoms with E-state index in [4.69, 9.17) is 69.6 Å². The van der Waals surface area contributed by atoms with E-state index in [9.17, 15) is 16.8 Å². The fourth-order valence-corrected chi connectivity index (χ4v) is 5.80. The molecule has 168 valence electrons. The van der Waals surface area contributed by atoms with Crippen LogP contribution in [0.4, 0.5) is 0 Å². The van der Waals surface area contributed by atoms with Crippen molar-refractivity contribution in [1.29, 1.82) is 0 Å².